The number of benzene rings is 2. The predicted molar refractivity (Wildman–Crippen MR) is 102 cm³/mol. The third-order valence-corrected chi connectivity index (χ3v) is 4.14. The van der Waals surface area contributed by atoms with Gasteiger partial charge in [-0.05, 0) is 30.3 Å². The van der Waals surface area contributed by atoms with E-state index in [-0.39, 0.29) is 5.91 Å². The van der Waals surface area contributed by atoms with Crippen molar-refractivity contribution in [2.45, 2.75) is 0 Å². The molecule has 1 amide bonds. The second kappa shape index (κ2) is 6.72. The average molecular weight is 343 g/mol. The second-order valence-electron chi connectivity index (χ2n) is 5.79. The lowest BCUT2D eigenvalue weighted by molar-refractivity contribution is 0.102. The minimum atomic E-state index is -0.216. The number of fused-ring (bicyclic) bond motifs is 1. The highest BCUT2D eigenvalue weighted by Gasteiger charge is 2.17. The molecule has 0 aliphatic carbocycles. The van der Waals surface area contributed by atoms with E-state index in [1.165, 1.54) is 0 Å². The third kappa shape index (κ3) is 2.91. The van der Waals surface area contributed by atoms with Gasteiger partial charge in [0, 0.05) is 17.3 Å². The molecule has 128 valence electrons. The quantitative estimate of drug-likeness (QED) is 0.602. The fraction of sp³-hybridized carbons (Fsp3) is 0.0476. The molecule has 0 bridgehead atoms. The molecule has 0 aliphatic heterocycles. The van der Waals surface area contributed by atoms with Crippen LogP contribution in [0.25, 0.3) is 16.9 Å². The van der Waals surface area contributed by atoms with Gasteiger partial charge in [0.15, 0.2) is 0 Å². The average Bonchev–Trinajstić information content (AvgIpc) is 3.07. The van der Waals surface area contributed by atoms with E-state index >= 15 is 0 Å². The van der Waals surface area contributed by atoms with Crippen LogP contribution in [0.5, 0.6) is 5.75 Å². The number of hydrogen-bond donors (Lipinski definition) is 1. The molecule has 0 spiro atoms. The highest BCUT2D eigenvalue weighted by molar-refractivity contribution is 6.06. The molecule has 0 radical (unpaired) electrons. The lowest BCUT2D eigenvalue weighted by Crippen LogP contribution is -2.14. The van der Waals surface area contributed by atoms with Crippen molar-refractivity contribution < 1.29 is 9.53 Å². The lowest BCUT2D eigenvalue weighted by Gasteiger charge is -2.09. The molecular weight excluding hydrogens is 326 g/mol. The highest BCUT2D eigenvalue weighted by Crippen LogP contribution is 2.29. The van der Waals surface area contributed by atoms with Gasteiger partial charge >= 0.3 is 0 Å². The van der Waals surface area contributed by atoms with Crippen LogP contribution in [0.15, 0.2) is 79.0 Å². The molecule has 0 atom stereocenters. The number of anilines is 1. The first-order chi connectivity index (χ1) is 12.8. The van der Waals surface area contributed by atoms with Gasteiger partial charge in [-0.3, -0.25) is 9.20 Å². The number of nitrogens with zero attached hydrogens (tertiary/aromatic N) is 2. The first-order valence-corrected chi connectivity index (χ1v) is 8.24. The highest BCUT2D eigenvalue weighted by atomic mass is 16.5. The number of nitrogens with one attached hydrogen (secondary N) is 1. The van der Waals surface area contributed by atoms with Gasteiger partial charge in [-0.2, -0.15) is 0 Å². The van der Waals surface area contributed by atoms with Crippen LogP contribution >= 0.6 is 0 Å². The monoisotopic (exact) mass is 343 g/mol. The summed E-state index contributed by atoms with van der Waals surface area (Å²) in [4.78, 5) is 17.5. The number of carbonyl (C=O) groups is 1. The SMILES string of the molecule is COc1cccc(C(=O)Nc2c(-c3ccccc3)nc3ccccn23)c1. The number of methoxy groups -OCH3 is 1. The van der Waals surface area contributed by atoms with Crippen LogP contribution in [0.2, 0.25) is 0 Å². The number of amides is 1. The molecule has 0 saturated heterocycles. The molecule has 2 aromatic carbocycles. The molecule has 2 heterocycles. The summed E-state index contributed by atoms with van der Waals surface area (Å²) < 4.78 is 7.08. The summed E-state index contributed by atoms with van der Waals surface area (Å²) in [7, 11) is 1.58. The Balaban J connectivity index is 1.79. The van der Waals surface area contributed by atoms with E-state index in [2.05, 4.69) is 10.3 Å². The van der Waals surface area contributed by atoms with Gasteiger partial charge in [0.05, 0.1) is 7.11 Å². The Labute approximate surface area is 150 Å². The summed E-state index contributed by atoms with van der Waals surface area (Å²) >= 11 is 0. The molecule has 5 nitrogen and oxygen atoms in total. The van der Waals surface area contributed by atoms with Crippen molar-refractivity contribution in [2.75, 3.05) is 12.4 Å². The Kier molecular flexibility index (Phi) is 4.11. The molecule has 4 aromatic rings. The zero-order valence-electron chi connectivity index (χ0n) is 14.2. The van der Waals surface area contributed by atoms with E-state index in [0.29, 0.717) is 17.1 Å². The number of aromatic nitrogens is 2. The fourth-order valence-electron chi connectivity index (χ4n) is 2.86. The Morgan fingerprint density at radius 1 is 1.00 bits per heavy atom. The maximum atomic E-state index is 12.8. The molecule has 4 rings (SSSR count). The molecule has 1 N–H and O–H groups in total. The van der Waals surface area contributed by atoms with Crippen LogP contribution in [0.1, 0.15) is 10.4 Å². The van der Waals surface area contributed by atoms with Gasteiger partial charge in [0.2, 0.25) is 0 Å². The van der Waals surface area contributed by atoms with Crippen molar-refractivity contribution in [1.82, 2.24) is 9.38 Å². The van der Waals surface area contributed by atoms with Gasteiger partial charge in [-0.1, -0.05) is 42.5 Å². The first-order valence-electron chi connectivity index (χ1n) is 8.24. The normalized spacial score (nSPS) is 10.7. The van der Waals surface area contributed by atoms with Gasteiger partial charge in [-0.15, -0.1) is 0 Å². The number of ether oxygens (including phenoxy) is 1. The van der Waals surface area contributed by atoms with Crippen LogP contribution in [-0.4, -0.2) is 22.4 Å². The van der Waals surface area contributed by atoms with E-state index in [9.17, 15) is 4.79 Å². The smallest absolute Gasteiger partial charge is 0.256 e. The summed E-state index contributed by atoms with van der Waals surface area (Å²) in [6, 6.07) is 22.6. The van der Waals surface area contributed by atoms with Crippen LogP contribution in [-0.2, 0) is 0 Å². The van der Waals surface area contributed by atoms with Crippen molar-refractivity contribution >= 4 is 17.4 Å². The first kappa shape index (κ1) is 15.9. The van der Waals surface area contributed by atoms with E-state index in [1.807, 2.05) is 59.1 Å². The molecular formula is C21H17N3O2. The Morgan fingerprint density at radius 2 is 1.81 bits per heavy atom. The number of carbonyl (C=O) groups excluding carboxylic acids is 1. The fourth-order valence-corrected chi connectivity index (χ4v) is 2.86. The second-order valence-corrected chi connectivity index (χ2v) is 5.79. The summed E-state index contributed by atoms with van der Waals surface area (Å²) in [6.45, 7) is 0. The van der Waals surface area contributed by atoms with Gasteiger partial charge < -0.3 is 10.1 Å². The zero-order valence-corrected chi connectivity index (χ0v) is 14.2. The Hall–Kier alpha value is -3.60. The maximum Gasteiger partial charge on any atom is 0.256 e. The van der Waals surface area contributed by atoms with E-state index in [0.717, 1.165) is 16.9 Å². The summed E-state index contributed by atoms with van der Waals surface area (Å²) in [5.74, 6) is 1.06. The number of hydrogen-bond acceptors (Lipinski definition) is 3. The van der Waals surface area contributed by atoms with Crippen molar-refractivity contribution in [3.8, 4) is 17.0 Å². The Bertz CT molecular complexity index is 1070. The van der Waals surface area contributed by atoms with Crippen LogP contribution in [0.3, 0.4) is 0 Å². The minimum Gasteiger partial charge on any atom is -0.497 e. The standard InChI is InChI=1S/C21H17N3O2/c1-26-17-11-7-10-16(14-17)21(25)23-20-19(15-8-3-2-4-9-15)22-18-12-5-6-13-24(18)20/h2-14H,1H3,(H,23,25). The number of rotatable bonds is 4. The molecule has 0 fully saturated rings. The van der Waals surface area contributed by atoms with Crippen molar-refractivity contribution in [2.24, 2.45) is 0 Å². The Morgan fingerprint density at radius 3 is 2.62 bits per heavy atom. The van der Waals surface area contributed by atoms with E-state index < -0.39 is 0 Å². The summed E-state index contributed by atoms with van der Waals surface area (Å²) in [6.07, 6.45) is 1.88. The van der Waals surface area contributed by atoms with Gasteiger partial charge in [0.1, 0.15) is 22.9 Å². The van der Waals surface area contributed by atoms with Gasteiger partial charge in [-0.25, -0.2) is 4.98 Å². The topological polar surface area (TPSA) is 55.6 Å². The molecule has 0 saturated carbocycles. The molecule has 0 unspecified atom stereocenters. The number of pyridine rings is 1. The van der Waals surface area contributed by atoms with Crippen molar-refractivity contribution in [1.29, 1.82) is 0 Å². The summed E-state index contributed by atoms with van der Waals surface area (Å²) in [5.41, 5.74) is 2.96. The van der Waals surface area contributed by atoms with Gasteiger partial charge in [0.25, 0.3) is 5.91 Å². The molecule has 5 heteroatoms. The van der Waals surface area contributed by atoms with Crippen LogP contribution in [0.4, 0.5) is 5.82 Å². The van der Waals surface area contributed by atoms with Crippen molar-refractivity contribution in [3.05, 3.63) is 84.6 Å². The van der Waals surface area contributed by atoms with E-state index in [4.69, 9.17) is 4.74 Å². The third-order valence-electron chi connectivity index (χ3n) is 4.14. The van der Waals surface area contributed by atoms with Crippen molar-refractivity contribution in [3.63, 3.8) is 0 Å². The van der Waals surface area contributed by atoms with Crippen LogP contribution < -0.4 is 10.1 Å². The van der Waals surface area contributed by atoms with E-state index in [1.54, 1.807) is 31.4 Å². The minimum absolute atomic E-state index is 0.216. The lowest BCUT2D eigenvalue weighted by atomic mass is 10.1. The van der Waals surface area contributed by atoms with Crippen LogP contribution in [0, 0.1) is 0 Å². The molecule has 26 heavy (non-hydrogen) atoms. The molecule has 2 aromatic heterocycles. The zero-order chi connectivity index (χ0) is 17.9. The maximum absolute atomic E-state index is 12.8. The molecule has 0 aliphatic rings. The predicted octanol–water partition coefficient (Wildman–Crippen LogP) is 4.26. The number of imidazole rings is 1. The largest absolute Gasteiger partial charge is 0.497 e. The summed E-state index contributed by atoms with van der Waals surface area (Å²) in [5, 5.41) is 3.01.